The van der Waals surface area contributed by atoms with E-state index in [1.165, 1.54) is 0 Å². The summed E-state index contributed by atoms with van der Waals surface area (Å²) in [7, 11) is 0. The van der Waals surface area contributed by atoms with Gasteiger partial charge in [-0.2, -0.15) is 22.0 Å². The number of aliphatic carboxylic acids is 1. The van der Waals surface area contributed by atoms with Gasteiger partial charge in [-0.1, -0.05) is 0 Å². The molecule has 0 saturated heterocycles. The molecule has 0 fully saturated rings. The SMILES string of the molecule is Cl.NCC(CCC(=O)O)C(F)(F)C(F)(F)F. The van der Waals surface area contributed by atoms with Crippen LogP contribution in [0.1, 0.15) is 12.8 Å². The van der Waals surface area contributed by atoms with Crippen molar-refractivity contribution in [1.29, 1.82) is 0 Å². The topological polar surface area (TPSA) is 63.3 Å². The highest BCUT2D eigenvalue weighted by molar-refractivity contribution is 5.85. The standard InChI is InChI=1S/C7H10F5NO2.ClH/c8-6(9,7(10,11)12)4(3-13)1-2-5(14)15;/h4H,1-3,13H2,(H,14,15);1H. The lowest BCUT2D eigenvalue weighted by molar-refractivity contribution is -0.302. The first-order valence-electron chi connectivity index (χ1n) is 3.99. The number of carboxylic acid groups (broad SMARTS) is 1. The van der Waals surface area contributed by atoms with Gasteiger partial charge in [-0.05, 0) is 6.42 Å². The summed E-state index contributed by atoms with van der Waals surface area (Å²) < 4.78 is 60.8. The lowest BCUT2D eigenvalue weighted by Crippen LogP contribution is -2.46. The molecule has 9 heteroatoms. The van der Waals surface area contributed by atoms with E-state index in [-0.39, 0.29) is 12.4 Å². The second-order valence-corrected chi connectivity index (χ2v) is 2.99. The highest BCUT2D eigenvalue weighted by Crippen LogP contribution is 2.42. The molecule has 0 aliphatic rings. The van der Waals surface area contributed by atoms with Gasteiger partial charge in [-0.15, -0.1) is 12.4 Å². The maximum absolute atomic E-state index is 12.6. The minimum absolute atomic E-state index is 0. The van der Waals surface area contributed by atoms with Crippen molar-refractivity contribution in [1.82, 2.24) is 0 Å². The largest absolute Gasteiger partial charge is 0.481 e. The predicted molar refractivity (Wildman–Crippen MR) is 47.7 cm³/mol. The van der Waals surface area contributed by atoms with Crippen LogP contribution in [0.25, 0.3) is 0 Å². The molecule has 0 saturated carbocycles. The van der Waals surface area contributed by atoms with Crippen LogP contribution < -0.4 is 5.73 Å². The first kappa shape index (κ1) is 17.8. The van der Waals surface area contributed by atoms with Crippen LogP contribution in [0.5, 0.6) is 0 Å². The molecule has 98 valence electrons. The van der Waals surface area contributed by atoms with Crippen molar-refractivity contribution in [3.8, 4) is 0 Å². The summed E-state index contributed by atoms with van der Waals surface area (Å²) in [4.78, 5) is 10.0. The van der Waals surface area contributed by atoms with E-state index in [0.717, 1.165) is 0 Å². The van der Waals surface area contributed by atoms with Crippen molar-refractivity contribution < 1.29 is 31.9 Å². The number of halogens is 6. The molecule has 0 amide bonds. The third kappa shape index (κ3) is 4.48. The minimum Gasteiger partial charge on any atom is -0.481 e. The number of carboxylic acids is 1. The Morgan fingerprint density at radius 2 is 1.69 bits per heavy atom. The molecule has 0 rings (SSSR count). The van der Waals surface area contributed by atoms with Gasteiger partial charge in [0.25, 0.3) is 0 Å². The zero-order valence-electron chi connectivity index (χ0n) is 7.93. The third-order valence-electron chi connectivity index (χ3n) is 1.88. The van der Waals surface area contributed by atoms with Crippen LogP contribution in [0, 0.1) is 5.92 Å². The van der Waals surface area contributed by atoms with Crippen LogP contribution in [0.4, 0.5) is 22.0 Å². The Kier molecular flexibility index (Phi) is 6.87. The molecule has 0 spiro atoms. The summed E-state index contributed by atoms with van der Waals surface area (Å²) in [5.41, 5.74) is 4.77. The molecule has 0 aliphatic carbocycles. The second-order valence-electron chi connectivity index (χ2n) is 2.99. The minimum atomic E-state index is -5.70. The Balaban J connectivity index is 0. The summed E-state index contributed by atoms with van der Waals surface area (Å²) in [5.74, 6) is -8.59. The zero-order chi connectivity index (χ0) is 12.3. The van der Waals surface area contributed by atoms with Gasteiger partial charge >= 0.3 is 18.1 Å². The number of hydrogen-bond donors (Lipinski definition) is 2. The number of hydrogen-bond acceptors (Lipinski definition) is 2. The molecule has 1 unspecified atom stereocenters. The first-order chi connectivity index (χ1) is 6.63. The van der Waals surface area contributed by atoms with Crippen molar-refractivity contribution in [2.24, 2.45) is 11.7 Å². The Morgan fingerprint density at radius 3 is 1.94 bits per heavy atom. The molecular formula is C7H11ClF5NO2. The van der Waals surface area contributed by atoms with Crippen LogP contribution in [0.2, 0.25) is 0 Å². The van der Waals surface area contributed by atoms with E-state index >= 15 is 0 Å². The quantitative estimate of drug-likeness (QED) is 0.752. The fraction of sp³-hybridized carbons (Fsp3) is 0.857. The van der Waals surface area contributed by atoms with Gasteiger partial charge < -0.3 is 10.8 Å². The maximum atomic E-state index is 12.6. The second kappa shape index (κ2) is 6.19. The molecule has 0 aromatic rings. The van der Waals surface area contributed by atoms with Gasteiger partial charge in [-0.3, -0.25) is 4.79 Å². The third-order valence-corrected chi connectivity index (χ3v) is 1.88. The Bertz CT molecular complexity index is 233. The molecule has 3 N–H and O–H groups in total. The lowest BCUT2D eigenvalue weighted by Gasteiger charge is -2.27. The van der Waals surface area contributed by atoms with Gasteiger partial charge in [0.15, 0.2) is 0 Å². The van der Waals surface area contributed by atoms with Gasteiger partial charge in [0, 0.05) is 18.9 Å². The highest BCUT2D eigenvalue weighted by atomic mass is 35.5. The number of alkyl halides is 5. The molecule has 0 aliphatic heterocycles. The van der Waals surface area contributed by atoms with Crippen molar-refractivity contribution in [3.05, 3.63) is 0 Å². The van der Waals surface area contributed by atoms with Crippen LogP contribution in [-0.4, -0.2) is 29.7 Å². The molecule has 3 nitrogen and oxygen atoms in total. The molecule has 16 heavy (non-hydrogen) atoms. The zero-order valence-corrected chi connectivity index (χ0v) is 8.75. The van der Waals surface area contributed by atoms with Crippen molar-refractivity contribution in [2.75, 3.05) is 6.54 Å². The Hall–Kier alpha value is -0.630. The number of rotatable bonds is 5. The molecule has 0 aromatic carbocycles. The summed E-state index contributed by atoms with van der Waals surface area (Å²) in [6.07, 6.45) is -7.28. The van der Waals surface area contributed by atoms with Gasteiger partial charge in [0.1, 0.15) is 0 Å². The average molecular weight is 272 g/mol. The Morgan fingerprint density at radius 1 is 1.25 bits per heavy atom. The molecule has 0 heterocycles. The normalized spacial score (nSPS) is 14.1. The predicted octanol–water partition coefficient (Wildman–Crippen LogP) is 2.05. The van der Waals surface area contributed by atoms with Gasteiger partial charge in [0.2, 0.25) is 0 Å². The molecular weight excluding hydrogens is 261 g/mol. The van der Waals surface area contributed by atoms with Crippen molar-refractivity contribution in [3.63, 3.8) is 0 Å². The fourth-order valence-corrected chi connectivity index (χ4v) is 0.976. The van der Waals surface area contributed by atoms with Crippen molar-refractivity contribution >= 4 is 18.4 Å². The lowest BCUT2D eigenvalue weighted by atomic mass is 9.95. The monoisotopic (exact) mass is 271 g/mol. The van der Waals surface area contributed by atoms with Gasteiger partial charge in [-0.25, -0.2) is 0 Å². The maximum Gasteiger partial charge on any atom is 0.453 e. The van der Waals surface area contributed by atoms with E-state index in [1.54, 1.807) is 0 Å². The van der Waals surface area contributed by atoms with E-state index in [4.69, 9.17) is 10.8 Å². The summed E-state index contributed by atoms with van der Waals surface area (Å²) >= 11 is 0. The molecule has 0 aromatic heterocycles. The van der Waals surface area contributed by atoms with Gasteiger partial charge in [0.05, 0.1) is 0 Å². The summed E-state index contributed by atoms with van der Waals surface area (Å²) in [5, 5.41) is 8.16. The summed E-state index contributed by atoms with van der Waals surface area (Å²) in [6, 6.07) is 0. The van der Waals surface area contributed by atoms with Crippen LogP contribution in [0.3, 0.4) is 0 Å². The fourth-order valence-electron chi connectivity index (χ4n) is 0.976. The smallest absolute Gasteiger partial charge is 0.453 e. The number of nitrogens with two attached hydrogens (primary N) is 1. The van der Waals surface area contributed by atoms with Crippen LogP contribution in [0.15, 0.2) is 0 Å². The first-order valence-corrected chi connectivity index (χ1v) is 3.99. The van der Waals surface area contributed by atoms with Crippen LogP contribution >= 0.6 is 12.4 Å². The number of carbonyl (C=O) groups is 1. The van der Waals surface area contributed by atoms with E-state index in [9.17, 15) is 26.7 Å². The van der Waals surface area contributed by atoms with E-state index in [0.29, 0.717) is 0 Å². The van der Waals surface area contributed by atoms with E-state index in [2.05, 4.69) is 0 Å². The van der Waals surface area contributed by atoms with E-state index in [1.807, 2.05) is 0 Å². The van der Waals surface area contributed by atoms with E-state index < -0.39 is 43.4 Å². The van der Waals surface area contributed by atoms with Crippen LogP contribution in [-0.2, 0) is 4.79 Å². The highest BCUT2D eigenvalue weighted by Gasteiger charge is 2.61. The summed E-state index contributed by atoms with van der Waals surface area (Å²) in [6.45, 7) is -0.917. The Labute approximate surface area is 94.2 Å². The average Bonchev–Trinajstić information content (AvgIpc) is 2.02. The molecule has 0 radical (unpaired) electrons. The molecule has 0 bridgehead atoms. The van der Waals surface area contributed by atoms with Crippen molar-refractivity contribution in [2.45, 2.75) is 24.9 Å². The molecule has 1 atom stereocenters.